The number of nitrogens with one attached hydrogen (secondary N) is 1. The number of carbonyl (C=O) groups is 1. The van der Waals surface area contributed by atoms with Crippen molar-refractivity contribution >= 4 is 23.3 Å². The van der Waals surface area contributed by atoms with Crippen molar-refractivity contribution in [3.63, 3.8) is 0 Å². The molecule has 6 nitrogen and oxygen atoms in total. The number of unbranched alkanes of at least 4 members (excludes halogenated alkanes) is 2. The molecule has 122 valence electrons. The van der Waals surface area contributed by atoms with Crippen LogP contribution >= 0.6 is 11.3 Å². The summed E-state index contributed by atoms with van der Waals surface area (Å²) in [6.07, 6.45) is 4.54. The largest absolute Gasteiger partial charge is 0.462 e. The van der Waals surface area contributed by atoms with Crippen molar-refractivity contribution in [1.82, 2.24) is 14.8 Å². The minimum Gasteiger partial charge on any atom is -0.462 e. The molecule has 2 aromatic heterocycles. The van der Waals surface area contributed by atoms with Gasteiger partial charge in [-0.05, 0) is 24.8 Å². The Hall–Kier alpha value is -2.15. The van der Waals surface area contributed by atoms with Crippen molar-refractivity contribution in [3.8, 4) is 0 Å². The number of nitrogens with zero attached hydrogens (tertiary/aromatic N) is 3. The lowest BCUT2D eigenvalue weighted by atomic mass is 10.0. The van der Waals surface area contributed by atoms with Gasteiger partial charge in [0, 0.05) is 10.6 Å². The summed E-state index contributed by atoms with van der Waals surface area (Å²) >= 11 is 1.59. The first-order valence-electron chi connectivity index (χ1n) is 7.80. The number of aromatic nitrogens is 3. The molecule has 0 radical (unpaired) electrons. The van der Waals surface area contributed by atoms with Crippen LogP contribution in [0.1, 0.15) is 44.0 Å². The molecule has 3 rings (SSSR count). The van der Waals surface area contributed by atoms with E-state index in [4.69, 9.17) is 4.74 Å². The van der Waals surface area contributed by atoms with Crippen LogP contribution in [0.4, 0.5) is 5.95 Å². The van der Waals surface area contributed by atoms with Gasteiger partial charge in [-0.25, -0.2) is 9.48 Å². The number of thiophene rings is 1. The number of ether oxygens (including phenoxy) is 1. The van der Waals surface area contributed by atoms with E-state index in [0.29, 0.717) is 18.1 Å². The van der Waals surface area contributed by atoms with Gasteiger partial charge in [-0.2, -0.15) is 10.1 Å². The van der Waals surface area contributed by atoms with Gasteiger partial charge in [-0.15, -0.1) is 11.3 Å². The first kappa shape index (κ1) is 15.7. The number of fused-ring (bicyclic) bond motifs is 1. The molecule has 1 atom stereocenters. The van der Waals surface area contributed by atoms with Gasteiger partial charge in [0.1, 0.15) is 12.4 Å². The Morgan fingerprint density at radius 2 is 2.35 bits per heavy atom. The molecule has 0 unspecified atom stereocenters. The second kappa shape index (κ2) is 6.95. The third-order valence-electron chi connectivity index (χ3n) is 3.81. The van der Waals surface area contributed by atoms with E-state index in [1.165, 1.54) is 6.33 Å². The average Bonchev–Trinajstić information content (AvgIpc) is 3.21. The van der Waals surface area contributed by atoms with E-state index in [1.807, 2.05) is 24.4 Å². The fourth-order valence-corrected chi connectivity index (χ4v) is 3.48. The van der Waals surface area contributed by atoms with Crippen LogP contribution in [0.2, 0.25) is 0 Å². The maximum absolute atomic E-state index is 12.6. The molecule has 0 fully saturated rings. The molecular formula is C16H20N4O2S. The number of esters is 1. The highest BCUT2D eigenvalue weighted by atomic mass is 32.1. The van der Waals surface area contributed by atoms with Gasteiger partial charge in [-0.3, -0.25) is 0 Å². The number of hydrogen-bond donors (Lipinski definition) is 1. The van der Waals surface area contributed by atoms with Crippen molar-refractivity contribution in [1.29, 1.82) is 0 Å². The smallest absolute Gasteiger partial charge is 0.338 e. The molecule has 0 saturated heterocycles. The maximum Gasteiger partial charge on any atom is 0.338 e. The molecule has 23 heavy (non-hydrogen) atoms. The van der Waals surface area contributed by atoms with Crippen molar-refractivity contribution in [3.05, 3.63) is 40.0 Å². The average molecular weight is 332 g/mol. The fraction of sp³-hybridized carbons (Fsp3) is 0.438. The zero-order chi connectivity index (χ0) is 16.2. The minimum atomic E-state index is -0.286. The van der Waals surface area contributed by atoms with Crippen molar-refractivity contribution < 1.29 is 9.53 Å². The van der Waals surface area contributed by atoms with Crippen LogP contribution < -0.4 is 5.32 Å². The summed E-state index contributed by atoms with van der Waals surface area (Å²) in [7, 11) is 0. The van der Waals surface area contributed by atoms with Crippen molar-refractivity contribution in [2.75, 3.05) is 11.9 Å². The van der Waals surface area contributed by atoms with E-state index in [0.717, 1.165) is 29.8 Å². The van der Waals surface area contributed by atoms with Crippen molar-refractivity contribution in [2.24, 2.45) is 0 Å². The predicted molar refractivity (Wildman–Crippen MR) is 89.3 cm³/mol. The van der Waals surface area contributed by atoms with Gasteiger partial charge in [-0.1, -0.05) is 25.8 Å². The molecule has 0 spiro atoms. The normalized spacial score (nSPS) is 16.9. The molecule has 0 saturated carbocycles. The molecule has 0 aromatic carbocycles. The number of hydrogen-bond acceptors (Lipinski definition) is 6. The molecular weight excluding hydrogens is 312 g/mol. The van der Waals surface area contributed by atoms with E-state index in [1.54, 1.807) is 16.0 Å². The van der Waals surface area contributed by atoms with Crippen LogP contribution in [-0.4, -0.2) is 27.3 Å². The summed E-state index contributed by atoms with van der Waals surface area (Å²) in [6.45, 7) is 4.45. The van der Waals surface area contributed by atoms with E-state index in [9.17, 15) is 4.79 Å². The van der Waals surface area contributed by atoms with Gasteiger partial charge in [0.05, 0.1) is 12.2 Å². The molecule has 2 aromatic rings. The first-order valence-corrected chi connectivity index (χ1v) is 8.68. The van der Waals surface area contributed by atoms with Crippen molar-refractivity contribution in [2.45, 2.75) is 39.2 Å². The second-order valence-electron chi connectivity index (χ2n) is 5.45. The lowest BCUT2D eigenvalue weighted by Gasteiger charge is -2.27. The zero-order valence-electron chi connectivity index (χ0n) is 13.3. The highest BCUT2D eigenvalue weighted by Gasteiger charge is 2.34. The third kappa shape index (κ3) is 3.14. The number of rotatable bonds is 6. The van der Waals surface area contributed by atoms with Gasteiger partial charge in [0.2, 0.25) is 5.95 Å². The van der Waals surface area contributed by atoms with E-state index in [2.05, 4.69) is 22.3 Å². The van der Waals surface area contributed by atoms with E-state index < -0.39 is 0 Å². The lowest BCUT2D eigenvalue weighted by Crippen LogP contribution is -2.29. The Morgan fingerprint density at radius 1 is 1.48 bits per heavy atom. The Bertz CT molecular complexity index is 705. The monoisotopic (exact) mass is 332 g/mol. The summed E-state index contributed by atoms with van der Waals surface area (Å²) < 4.78 is 7.22. The summed E-state index contributed by atoms with van der Waals surface area (Å²) in [6, 6.07) is 3.69. The molecule has 7 heteroatoms. The third-order valence-corrected chi connectivity index (χ3v) is 4.73. The quantitative estimate of drug-likeness (QED) is 0.649. The Labute approximate surface area is 139 Å². The number of allylic oxidation sites excluding steroid dienone is 1. The molecule has 3 heterocycles. The molecule has 1 aliphatic rings. The van der Waals surface area contributed by atoms with Gasteiger partial charge in [0.25, 0.3) is 0 Å². The maximum atomic E-state index is 12.6. The molecule has 1 aliphatic heterocycles. The second-order valence-corrected chi connectivity index (χ2v) is 6.43. The fourth-order valence-electron chi connectivity index (χ4n) is 2.66. The van der Waals surface area contributed by atoms with E-state index >= 15 is 0 Å². The zero-order valence-corrected chi connectivity index (χ0v) is 14.1. The lowest BCUT2D eigenvalue weighted by molar-refractivity contribution is -0.139. The molecule has 0 bridgehead atoms. The summed E-state index contributed by atoms with van der Waals surface area (Å²) in [5, 5.41) is 9.41. The highest BCUT2D eigenvalue weighted by Crippen LogP contribution is 2.36. The Balaban J connectivity index is 1.88. The topological polar surface area (TPSA) is 69.0 Å². The van der Waals surface area contributed by atoms with Crippen LogP contribution in [0.15, 0.2) is 35.1 Å². The summed E-state index contributed by atoms with van der Waals surface area (Å²) in [4.78, 5) is 17.9. The SMILES string of the molecule is CCCCCOC(=O)C1=C(C)Nc2ncnn2[C@H]1c1cccs1. The van der Waals surface area contributed by atoms with Gasteiger partial charge in [0.15, 0.2) is 0 Å². The minimum absolute atomic E-state index is 0.285. The van der Waals surface area contributed by atoms with Crippen LogP contribution in [0, 0.1) is 0 Å². The van der Waals surface area contributed by atoms with Gasteiger partial charge >= 0.3 is 5.97 Å². The Morgan fingerprint density at radius 3 is 3.09 bits per heavy atom. The summed E-state index contributed by atoms with van der Waals surface area (Å²) in [5.41, 5.74) is 1.37. The Kier molecular flexibility index (Phi) is 4.76. The van der Waals surface area contributed by atoms with E-state index in [-0.39, 0.29) is 12.0 Å². The number of anilines is 1. The first-order chi connectivity index (χ1) is 11.2. The van der Waals surface area contributed by atoms with Crippen LogP contribution in [0.25, 0.3) is 0 Å². The number of carbonyl (C=O) groups excluding carboxylic acids is 1. The van der Waals surface area contributed by atoms with Gasteiger partial charge < -0.3 is 10.1 Å². The van der Waals surface area contributed by atoms with Crippen LogP contribution in [0.5, 0.6) is 0 Å². The molecule has 0 amide bonds. The van der Waals surface area contributed by atoms with Crippen LogP contribution in [0.3, 0.4) is 0 Å². The summed E-state index contributed by atoms with van der Waals surface area (Å²) in [5.74, 6) is 0.356. The molecule has 0 aliphatic carbocycles. The standard InChI is InChI=1S/C16H20N4O2S/c1-3-4-5-8-22-15(21)13-11(2)19-16-17-10-18-20(16)14(13)12-7-6-9-23-12/h6-7,9-10,14H,3-5,8H2,1-2H3,(H,17,18,19)/t14-/m0/s1. The molecule has 1 N–H and O–H groups in total. The highest BCUT2D eigenvalue weighted by molar-refractivity contribution is 7.10. The predicted octanol–water partition coefficient (Wildman–Crippen LogP) is 3.36. The van der Waals surface area contributed by atoms with Crippen LogP contribution in [-0.2, 0) is 9.53 Å².